The van der Waals surface area contributed by atoms with E-state index in [1.54, 1.807) is 6.20 Å². The number of pyridine rings is 1. The Balaban J connectivity index is 1.83. The monoisotopic (exact) mass is 300 g/mol. The zero-order valence-corrected chi connectivity index (χ0v) is 12.8. The molecule has 0 saturated carbocycles. The molecule has 0 saturated heterocycles. The molecule has 0 bridgehead atoms. The Bertz CT molecular complexity index is 600. The van der Waals surface area contributed by atoms with E-state index < -0.39 is 0 Å². The maximum atomic E-state index is 11.8. The Morgan fingerprint density at radius 3 is 2.68 bits per heavy atom. The van der Waals surface area contributed by atoms with Crippen molar-refractivity contribution in [2.75, 3.05) is 6.61 Å². The molecule has 22 heavy (non-hydrogen) atoms. The number of ether oxygens (including phenoxy) is 2. The number of rotatable bonds is 7. The van der Waals surface area contributed by atoms with Crippen molar-refractivity contribution in [2.24, 2.45) is 0 Å². The van der Waals surface area contributed by atoms with Crippen molar-refractivity contribution >= 4 is 5.91 Å². The summed E-state index contributed by atoms with van der Waals surface area (Å²) in [6, 6.07) is 12.9. The van der Waals surface area contributed by atoms with Gasteiger partial charge < -0.3 is 14.8 Å². The van der Waals surface area contributed by atoms with Crippen molar-refractivity contribution in [1.29, 1.82) is 0 Å². The molecule has 1 heterocycles. The lowest BCUT2D eigenvalue weighted by atomic mass is 10.2. The maximum absolute atomic E-state index is 11.8. The van der Waals surface area contributed by atoms with Gasteiger partial charge in [-0.2, -0.15) is 0 Å². The van der Waals surface area contributed by atoms with E-state index >= 15 is 0 Å². The van der Waals surface area contributed by atoms with Crippen molar-refractivity contribution in [2.45, 2.75) is 26.5 Å². The average molecular weight is 300 g/mol. The first-order valence-electron chi connectivity index (χ1n) is 7.20. The van der Waals surface area contributed by atoms with Gasteiger partial charge in [0.1, 0.15) is 5.75 Å². The van der Waals surface area contributed by atoms with Crippen molar-refractivity contribution < 1.29 is 14.3 Å². The van der Waals surface area contributed by atoms with E-state index in [0.29, 0.717) is 18.2 Å². The highest BCUT2D eigenvalue weighted by atomic mass is 16.5. The average Bonchev–Trinajstić information content (AvgIpc) is 2.52. The minimum absolute atomic E-state index is 0.0232. The number of nitrogens with zero attached hydrogens (tertiary/aromatic N) is 1. The molecule has 0 fully saturated rings. The summed E-state index contributed by atoms with van der Waals surface area (Å²) in [5.74, 6) is 1.02. The van der Waals surface area contributed by atoms with Gasteiger partial charge in [-0.15, -0.1) is 0 Å². The van der Waals surface area contributed by atoms with Crippen LogP contribution in [0, 0.1) is 0 Å². The van der Waals surface area contributed by atoms with Crippen LogP contribution in [0.3, 0.4) is 0 Å². The van der Waals surface area contributed by atoms with E-state index in [1.807, 2.05) is 56.3 Å². The number of amides is 1. The lowest BCUT2D eigenvalue weighted by molar-refractivity contribution is -0.123. The SMILES string of the molecule is CC(C)Oc1ncccc1CNC(=O)COc1ccccc1. The molecule has 1 amide bonds. The minimum Gasteiger partial charge on any atom is -0.484 e. The van der Waals surface area contributed by atoms with Crippen LogP contribution in [0.25, 0.3) is 0 Å². The summed E-state index contributed by atoms with van der Waals surface area (Å²) in [5, 5.41) is 2.80. The van der Waals surface area contributed by atoms with Gasteiger partial charge in [-0.1, -0.05) is 24.3 Å². The smallest absolute Gasteiger partial charge is 0.258 e. The lowest BCUT2D eigenvalue weighted by Crippen LogP contribution is -2.28. The standard InChI is InChI=1S/C17H20N2O3/c1-13(2)22-17-14(7-6-10-18-17)11-19-16(20)12-21-15-8-4-3-5-9-15/h3-10,13H,11-12H2,1-2H3,(H,19,20). The first-order chi connectivity index (χ1) is 10.6. The second kappa shape index (κ2) is 8.02. The second-order valence-corrected chi connectivity index (χ2v) is 5.01. The van der Waals surface area contributed by atoms with E-state index in [0.717, 1.165) is 5.56 Å². The van der Waals surface area contributed by atoms with E-state index in [2.05, 4.69) is 10.3 Å². The molecule has 1 aromatic carbocycles. The van der Waals surface area contributed by atoms with Gasteiger partial charge in [0.25, 0.3) is 5.91 Å². The Kier molecular flexibility index (Phi) is 5.77. The predicted octanol–water partition coefficient (Wildman–Crippen LogP) is 2.56. The highest BCUT2D eigenvalue weighted by molar-refractivity contribution is 5.77. The molecule has 5 nitrogen and oxygen atoms in total. The second-order valence-electron chi connectivity index (χ2n) is 5.01. The van der Waals surface area contributed by atoms with E-state index in [4.69, 9.17) is 9.47 Å². The van der Waals surface area contributed by atoms with Crippen molar-refractivity contribution in [3.63, 3.8) is 0 Å². The number of nitrogens with one attached hydrogen (secondary N) is 1. The summed E-state index contributed by atoms with van der Waals surface area (Å²) in [5.41, 5.74) is 0.837. The van der Waals surface area contributed by atoms with Gasteiger partial charge in [0.15, 0.2) is 6.61 Å². The summed E-state index contributed by atoms with van der Waals surface area (Å²) in [4.78, 5) is 16.0. The zero-order valence-electron chi connectivity index (χ0n) is 12.8. The number of hydrogen-bond acceptors (Lipinski definition) is 4. The molecule has 0 radical (unpaired) electrons. The Labute approximate surface area is 130 Å². The topological polar surface area (TPSA) is 60.5 Å². The van der Waals surface area contributed by atoms with E-state index in [1.165, 1.54) is 0 Å². The molecule has 0 aliphatic heterocycles. The van der Waals surface area contributed by atoms with Crippen LogP contribution in [0.1, 0.15) is 19.4 Å². The van der Waals surface area contributed by atoms with Crippen LogP contribution in [0.15, 0.2) is 48.7 Å². The normalized spacial score (nSPS) is 10.3. The van der Waals surface area contributed by atoms with Gasteiger partial charge in [-0.05, 0) is 32.0 Å². The van der Waals surface area contributed by atoms with Gasteiger partial charge in [0, 0.05) is 18.3 Å². The van der Waals surface area contributed by atoms with Crippen LogP contribution in [0.4, 0.5) is 0 Å². The Morgan fingerprint density at radius 2 is 1.95 bits per heavy atom. The number of hydrogen-bond donors (Lipinski definition) is 1. The number of carbonyl (C=O) groups is 1. The highest BCUT2D eigenvalue weighted by Crippen LogP contribution is 2.15. The van der Waals surface area contributed by atoms with Gasteiger partial charge in [-0.3, -0.25) is 4.79 Å². The fourth-order valence-corrected chi connectivity index (χ4v) is 1.80. The van der Waals surface area contributed by atoms with Crippen LogP contribution >= 0.6 is 0 Å². The number of aromatic nitrogens is 1. The summed E-state index contributed by atoms with van der Waals surface area (Å²) in [6.45, 7) is 4.20. The minimum atomic E-state index is -0.191. The van der Waals surface area contributed by atoms with Crippen LogP contribution < -0.4 is 14.8 Å². The zero-order chi connectivity index (χ0) is 15.8. The highest BCUT2D eigenvalue weighted by Gasteiger charge is 2.08. The molecule has 1 N–H and O–H groups in total. The summed E-state index contributed by atoms with van der Waals surface area (Å²) in [7, 11) is 0. The molecule has 2 aromatic rings. The summed E-state index contributed by atoms with van der Waals surface area (Å²) in [6.07, 6.45) is 1.70. The predicted molar refractivity (Wildman–Crippen MR) is 83.8 cm³/mol. The molecule has 116 valence electrons. The quantitative estimate of drug-likeness (QED) is 0.853. The van der Waals surface area contributed by atoms with Crippen LogP contribution in [0.2, 0.25) is 0 Å². The van der Waals surface area contributed by atoms with E-state index in [-0.39, 0.29) is 18.6 Å². The number of carbonyl (C=O) groups excluding carboxylic acids is 1. The molecule has 0 atom stereocenters. The molecular weight excluding hydrogens is 280 g/mol. The first-order valence-corrected chi connectivity index (χ1v) is 7.20. The molecule has 0 unspecified atom stereocenters. The Hall–Kier alpha value is -2.56. The van der Waals surface area contributed by atoms with Gasteiger partial charge in [0.2, 0.25) is 5.88 Å². The molecule has 0 aliphatic carbocycles. The van der Waals surface area contributed by atoms with Gasteiger partial charge in [-0.25, -0.2) is 4.98 Å². The third-order valence-corrected chi connectivity index (χ3v) is 2.79. The molecule has 1 aromatic heterocycles. The molecule has 0 spiro atoms. The fourth-order valence-electron chi connectivity index (χ4n) is 1.80. The third-order valence-electron chi connectivity index (χ3n) is 2.79. The largest absolute Gasteiger partial charge is 0.484 e. The fraction of sp³-hybridized carbons (Fsp3) is 0.294. The van der Waals surface area contributed by atoms with Gasteiger partial charge >= 0.3 is 0 Å². The third kappa shape index (κ3) is 5.09. The number of benzene rings is 1. The summed E-state index contributed by atoms with van der Waals surface area (Å²) < 4.78 is 11.0. The molecular formula is C17H20N2O3. The van der Waals surface area contributed by atoms with Crippen molar-refractivity contribution in [3.8, 4) is 11.6 Å². The van der Waals surface area contributed by atoms with Gasteiger partial charge in [0.05, 0.1) is 6.10 Å². The van der Waals surface area contributed by atoms with E-state index in [9.17, 15) is 4.79 Å². The molecule has 5 heteroatoms. The molecule has 0 aliphatic rings. The Morgan fingerprint density at radius 1 is 1.18 bits per heavy atom. The van der Waals surface area contributed by atoms with Crippen LogP contribution in [-0.4, -0.2) is 23.6 Å². The van der Waals surface area contributed by atoms with Crippen LogP contribution in [-0.2, 0) is 11.3 Å². The van der Waals surface area contributed by atoms with Crippen molar-refractivity contribution in [1.82, 2.24) is 10.3 Å². The van der Waals surface area contributed by atoms with Crippen molar-refractivity contribution in [3.05, 3.63) is 54.2 Å². The lowest BCUT2D eigenvalue weighted by Gasteiger charge is -2.13. The number of para-hydroxylation sites is 1. The summed E-state index contributed by atoms with van der Waals surface area (Å²) >= 11 is 0. The van der Waals surface area contributed by atoms with Crippen LogP contribution in [0.5, 0.6) is 11.6 Å². The maximum Gasteiger partial charge on any atom is 0.258 e. The molecule has 2 rings (SSSR count). The first kappa shape index (κ1) is 15.8.